The quantitative estimate of drug-likeness (QED) is 0.0321. The van der Waals surface area contributed by atoms with Gasteiger partial charge in [-0.2, -0.15) is 0 Å². The van der Waals surface area contributed by atoms with Crippen molar-refractivity contribution in [2.75, 3.05) is 13.2 Å². The number of fused-ring (bicyclic) bond motifs is 1. The number of azide groups is 1. The molecule has 8 unspecified atom stereocenters. The first-order valence-electron chi connectivity index (χ1n) is 15.6. The molecule has 0 bridgehead atoms. The Balaban J connectivity index is -0.000000702. The molecule has 1 aliphatic carbocycles. The molecular weight excluding hydrogens is 2940 g/mol. The molecule has 10 N–H and O–H groups in total. The van der Waals surface area contributed by atoms with Crippen molar-refractivity contribution in [2.24, 2.45) is 17.0 Å². The van der Waals surface area contributed by atoms with E-state index in [0.717, 1.165) is 0 Å². The molecule has 0 amide bonds. The van der Waals surface area contributed by atoms with Crippen LogP contribution in [-0.2, 0) is 33.3 Å². The van der Waals surface area contributed by atoms with Crippen LogP contribution < -0.4 is 0 Å². The minimum absolute atomic E-state index is 0. The predicted molar refractivity (Wildman–Crippen MR) is 150 cm³/mol. The van der Waals surface area contributed by atoms with E-state index in [9.17, 15) is 66.7 Å². The summed E-state index contributed by atoms with van der Waals surface area (Å²) < 4.78 is 35.7. The molecule has 33 heteroatoms. The fourth-order valence-electron chi connectivity index (χ4n) is 7.30. The second-order valence-electron chi connectivity index (χ2n) is 12.9. The number of nitrogens with zero attached hydrogens (tertiary/aromatic N) is 4. The van der Waals surface area contributed by atoms with Crippen LogP contribution in [0.2, 0.25) is 0 Å². The Bertz CT molecular complexity index is 1260. The molecule has 21 atom stereocenters. The van der Waals surface area contributed by atoms with Crippen molar-refractivity contribution in [3.05, 3.63) is 20.6 Å². The first kappa shape index (κ1) is 82.6. The van der Waals surface area contributed by atoms with Gasteiger partial charge in [0.15, 0.2) is 6.29 Å². The fourth-order valence-corrected chi connectivity index (χ4v) is 7.30. The molecule has 23 nitrogen and oxygen atoms in total. The summed E-state index contributed by atoms with van der Waals surface area (Å²) >= 11 is 0. The van der Waals surface area contributed by atoms with Crippen molar-refractivity contribution in [3.63, 3.8) is 0 Å². The Labute approximate surface area is 697 Å². The van der Waals surface area contributed by atoms with E-state index in [0.29, 0.717) is 0 Å². The second kappa shape index (κ2) is 38.8. The Morgan fingerprint density at radius 1 is 0.746 bits per heavy atom. The van der Waals surface area contributed by atoms with Gasteiger partial charge in [-0.25, -0.2) is 0 Å². The molecular formula is C26H42Ac10N4O19. The number of aliphatic hydroxyl groups excluding tert-OH is 10. The van der Waals surface area contributed by atoms with Crippen LogP contribution in [0.15, 0.2) is 5.11 Å². The van der Waals surface area contributed by atoms with Gasteiger partial charge < -0.3 is 79.5 Å². The van der Waals surface area contributed by atoms with Gasteiger partial charge in [0.05, 0.1) is 55.8 Å². The van der Waals surface area contributed by atoms with Gasteiger partial charge in [-0.05, 0) is 12.5 Å². The number of hydrogen-bond donors (Lipinski definition) is 10. The van der Waals surface area contributed by atoms with Gasteiger partial charge in [-0.15, -0.1) is 10.1 Å². The molecule has 4 heterocycles. The van der Waals surface area contributed by atoms with Gasteiger partial charge in [0, 0.05) is 458 Å². The van der Waals surface area contributed by atoms with Crippen LogP contribution in [0.3, 0.4) is 0 Å². The molecule has 0 spiro atoms. The van der Waals surface area contributed by atoms with Crippen LogP contribution in [0.5, 0.6) is 0 Å². The van der Waals surface area contributed by atoms with E-state index in [1.165, 1.54) is 13.8 Å². The largest absolute Gasteiger partial charge is 0.394 e. The zero-order valence-corrected chi connectivity index (χ0v) is 79.3. The Hall–Kier alpha value is 12.3. The minimum atomic E-state index is -2.46. The van der Waals surface area contributed by atoms with Crippen LogP contribution >= 0.6 is 0 Å². The first-order chi connectivity index (χ1) is 23.1. The monoisotopic (exact) mass is 2980 g/mol. The standard InChI is InChI=1S/C26H42N4O19.10Ac/c1-6-9(3-8(33)16(36)14(6)34)44-22-19(39)17(37)11(5-32)46-25(22)48-26(23-20(40)18(38)15(35)7(2)43-23)12-10(4-31)45-24(49-30(41)42)13(28-29-27)21(12)47-26;;;;;;;;;;/h6-25,31-40H,3-5H2,1-2H3;;;;;;;;;;/t6?,7?,8?,9-,10?,11?,12-,13?,14-,15-,16+,17+,18?,19+,20-,21+,22-,23-,24+,25+,26?;;;;;;;;;;/m1........../s1. The van der Waals surface area contributed by atoms with Crippen LogP contribution in [-0.4, -0.2) is 185 Å². The molecule has 310 valence electrons. The summed E-state index contributed by atoms with van der Waals surface area (Å²) in [7, 11) is 0. The van der Waals surface area contributed by atoms with Crippen molar-refractivity contribution in [2.45, 2.75) is 136 Å². The summed E-state index contributed by atoms with van der Waals surface area (Å²) in [6, 6.07) is -1.62. The number of rotatable bonds is 10. The van der Waals surface area contributed by atoms with E-state index >= 15 is 0 Å². The Morgan fingerprint density at radius 2 is 1.29 bits per heavy atom. The summed E-state index contributed by atoms with van der Waals surface area (Å²) in [6.45, 7) is 1.03. The summed E-state index contributed by atoms with van der Waals surface area (Å²) in [4.78, 5) is 18.4. The van der Waals surface area contributed by atoms with Crippen molar-refractivity contribution >= 4 is 0 Å². The third-order valence-corrected chi connectivity index (χ3v) is 10.1. The third-order valence-electron chi connectivity index (χ3n) is 10.1. The molecule has 4 aliphatic heterocycles. The van der Waals surface area contributed by atoms with Gasteiger partial charge in [-0.3, -0.25) is 4.84 Å². The second-order valence-corrected chi connectivity index (χ2v) is 12.9. The van der Waals surface area contributed by atoms with Crippen LogP contribution in [0.4, 0.5) is 0 Å². The number of aliphatic hydroxyl groups is 10. The van der Waals surface area contributed by atoms with Crippen molar-refractivity contribution < 1.29 is 530 Å². The minimum Gasteiger partial charge on any atom is -0.394 e. The SMILES string of the molecule is CC1O[C@@H](C2(O[C@@H]3OC(CO)[C@H](O)[C@H](O)[C@H]3O[C@@H]3CC(O)[C@H](O)[C@H](O)C3C)O[C@@H]3C(N=[N+]=[N-])[C@H](O[N+](=O)[O-])OC(CO)[C@H]32)[C@H](O)C(O)[C@@H]1O.[Ac].[Ac].[Ac].[Ac].[Ac].[Ac].[Ac].[Ac].[Ac].[Ac]. The average Bonchev–Trinajstić information content (AvgIpc) is 3.05. The van der Waals surface area contributed by atoms with Crippen LogP contribution in [0.1, 0.15) is 20.3 Å². The summed E-state index contributed by atoms with van der Waals surface area (Å²) in [5.74, 6) is -4.74. The third kappa shape index (κ3) is 19.6. The molecule has 59 heavy (non-hydrogen) atoms. The number of hydrogen-bond acceptors (Lipinski definition) is 20. The Morgan fingerprint density at radius 3 is 1.80 bits per heavy atom. The van der Waals surface area contributed by atoms with Gasteiger partial charge >= 0.3 is 0 Å². The van der Waals surface area contributed by atoms with E-state index in [1.54, 1.807) is 0 Å². The van der Waals surface area contributed by atoms with E-state index < -0.39 is 146 Å². The van der Waals surface area contributed by atoms with Gasteiger partial charge in [0.1, 0.15) is 61.0 Å². The summed E-state index contributed by atoms with van der Waals surface area (Å²) in [6.07, 6.45) is -28.2. The van der Waals surface area contributed by atoms with Crippen LogP contribution in [0.25, 0.3) is 10.4 Å². The zero-order chi connectivity index (χ0) is 36.1. The maximum Gasteiger partial charge on any atom is 0.297 e. The molecule has 0 aromatic carbocycles. The van der Waals surface area contributed by atoms with Crippen molar-refractivity contribution in [1.29, 1.82) is 0 Å². The maximum atomic E-state index is 11.2. The number of ether oxygens (including phenoxy) is 6. The Kier molecular flexibility index (Phi) is 54.3. The maximum absolute atomic E-state index is 11.2. The van der Waals surface area contributed by atoms with E-state index in [4.69, 9.17) is 28.4 Å². The van der Waals surface area contributed by atoms with Crippen LogP contribution in [0, 0.1) is 463 Å². The molecule has 0 aromatic heterocycles. The molecule has 5 aliphatic rings. The molecule has 10 radical (unpaired) electrons. The average molecular weight is 2980 g/mol. The van der Waals surface area contributed by atoms with Gasteiger partial charge in [0.2, 0.25) is 12.1 Å². The normalized spacial score (nSPS) is 44.1. The van der Waals surface area contributed by atoms with Crippen molar-refractivity contribution in [3.8, 4) is 0 Å². The van der Waals surface area contributed by atoms with Crippen molar-refractivity contribution in [1.82, 2.24) is 0 Å². The van der Waals surface area contributed by atoms with E-state index in [-0.39, 0.29) is 447 Å². The predicted octanol–water partition coefficient (Wildman–Crippen LogP) is -5.50. The smallest absolute Gasteiger partial charge is 0.297 e. The van der Waals surface area contributed by atoms with Gasteiger partial charge in [0.25, 0.3) is 5.09 Å². The molecule has 4 saturated heterocycles. The topological polar surface area (TPSA) is 359 Å². The van der Waals surface area contributed by atoms with E-state index in [1.807, 2.05) is 0 Å². The molecule has 5 fully saturated rings. The molecule has 0 aromatic rings. The van der Waals surface area contributed by atoms with Gasteiger partial charge in [-0.1, -0.05) is 12.0 Å². The summed E-state index contributed by atoms with van der Waals surface area (Å²) in [5.41, 5.74) is 9.23. The fraction of sp³-hybridized carbons (Fsp3) is 1.00. The first-order valence-corrected chi connectivity index (χ1v) is 15.6. The molecule has 1 saturated carbocycles. The molecule has 5 rings (SSSR count). The summed E-state index contributed by atoms with van der Waals surface area (Å²) in [5, 5.41) is 119. The zero-order valence-electron chi connectivity index (χ0n) is 31.9. The van der Waals surface area contributed by atoms with E-state index in [2.05, 4.69) is 14.9 Å².